The number of nitrogens with one attached hydrogen (secondary N) is 1. The largest absolute Gasteiger partial charge is 0.497 e. The van der Waals surface area contributed by atoms with Crippen molar-refractivity contribution in [2.45, 2.75) is 32.7 Å². The molecular weight excluding hydrogens is 342 g/mol. The molecule has 0 spiro atoms. The fraction of sp³-hybridized carbons (Fsp3) is 0.364. The molecule has 2 aromatic rings. The SMILES string of the molecule is CC[C@@H](C)[C@H](C(=O)OCC(=O)NCc1ccc(OC)cc1)c1ccccc1. The number of esters is 1. The lowest BCUT2D eigenvalue weighted by Crippen LogP contribution is -2.30. The Morgan fingerprint density at radius 1 is 1.04 bits per heavy atom. The van der Waals surface area contributed by atoms with Crippen LogP contribution in [0.15, 0.2) is 54.6 Å². The molecular formula is C22H27NO4. The lowest BCUT2D eigenvalue weighted by molar-refractivity contribution is -0.151. The van der Waals surface area contributed by atoms with Gasteiger partial charge < -0.3 is 14.8 Å². The first-order valence-corrected chi connectivity index (χ1v) is 9.16. The second kappa shape index (κ2) is 10.4. The fourth-order valence-corrected chi connectivity index (χ4v) is 2.81. The highest BCUT2D eigenvalue weighted by atomic mass is 16.5. The second-order valence-electron chi connectivity index (χ2n) is 6.51. The van der Waals surface area contributed by atoms with Crippen LogP contribution in [-0.2, 0) is 20.9 Å². The minimum Gasteiger partial charge on any atom is -0.497 e. The van der Waals surface area contributed by atoms with Gasteiger partial charge in [0.25, 0.3) is 5.91 Å². The average Bonchev–Trinajstić information content (AvgIpc) is 2.71. The summed E-state index contributed by atoms with van der Waals surface area (Å²) in [6.07, 6.45) is 0.846. The maximum atomic E-state index is 12.6. The quantitative estimate of drug-likeness (QED) is 0.685. The molecule has 2 rings (SSSR count). The molecule has 0 unspecified atom stereocenters. The van der Waals surface area contributed by atoms with Crippen molar-refractivity contribution in [3.8, 4) is 5.75 Å². The molecule has 1 amide bonds. The van der Waals surface area contributed by atoms with Crippen LogP contribution < -0.4 is 10.1 Å². The Bertz CT molecular complexity index is 728. The maximum absolute atomic E-state index is 12.6. The van der Waals surface area contributed by atoms with Crippen LogP contribution in [0.5, 0.6) is 5.75 Å². The summed E-state index contributed by atoms with van der Waals surface area (Å²) in [5.74, 6) is -0.172. The van der Waals surface area contributed by atoms with E-state index >= 15 is 0 Å². The van der Waals surface area contributed by atoms with E-state index in [1.165, 1.54) is 0 Å². The molecule has 0 saturated heterocycles. The first kappa shape index (κ1) is 20.5. The van der Waals surface area contributed by atoms with Gasteiger partial charge in [-0.3, -0.25) is 9.59 Å². The van der Waals surface area contributed by atoms with Crippen LogP contribution in [-0.4, -0.2) is 25.6 Å². The smallest absolute Gasteiger partial charge is 0.314 e. The number of carbonyl (C=O) groups is 2. The third-order valence-electron chi connectivity index (χ3n) is 4.62. The van der Waals surface area contributed by atoms with Crippen molar-refractivity contribution < 1.29 is 19.1 Å². The minimum atomic E-state index is -0.370. The highest BCUT2D eigenvalue weighted by Gasteiger charge is 2.27. The van der Waals surface area contributed by atoms with Crippen LogP contribution >= 0.6 is 0 Å². The monoisotopic (exact) mass is 369 g/mol. The van der Waals surface area contributed by atoms with Crippen LogP contribution in [0.2, 0.25) is 0 Å². The van der Waals surface area contributed by atoms with Gasteiger partial charge in [0, 0.05) is 6.54 Å². The number of ether oxygens (including phenoxy) is 2. The van der Waals surface area contributed by atoms with Gasteiger partial charge in [-0.1, -0.05) is 62.7 Å². The molecule has 0 radical (unpaired) electrons. The van der Waals surface area contributed by atoms with E-state index in [-0.39, 0.29) is 30.3 Å². The average molecular weight is 369 g/mol. The summed E-state index contributed by atoms with van der Waals surface area (Å²) in [5, 5.41) is 2.76. The molecule has 5 heteroatoms. The zero-order valence-electron chi connectivity index (χ0n) is 16.1. The Hall–Kier alpha value is -2.82. The fourth-order valence-electron chi connectivity index (χ4n) is 2.81. The van der Waals surface area contributed by atoms with E-state index in [0.29, 0.717) is 6.54 Å². The summed E-state index contributed by atoms with van der Waals surface area (Å²) < 4.78 is 10.4. The number of carbonyl (C=O) groups excluding carboxylic acids is 2. The Kier molecular flexibility index (Phi) is 7.86. The molecule has 2 atom stereocenters. The van der Waals surface area contributed by atoms with E-state index in [0.717, 1.165) is 23.3 Å². The van der Waals surface area contributed by atoms with Crippen molar-refractivity contribution in [2.75, 3.05) is 13.7 Å². The van der Waals surface area contributed by atoms with Gasteiger partial charge in [0.2, 0.25) is 0 Å². The lowest BCUT2D eigenvalue weighted by atomic mass is 9.86. The van der Waals surface area contributed by atoms with Gasteiger partial charge >= 0.3 is 5.97 Å². The molecule has 0 heterocycles. The highest BCUT2D eigenvalue weighted by Crippen LogP contribution is 2.28. The van der Waals surface area contributed by atoms with Crippen LogP contribution in [0.4, 0.5) is 0 Å². The first-order chi connectivity index (χ1) is 13.0. The zero-order valence-corrected chi connectivity index (χ0v) is 16.1. The molecule has 0 bridgehead atoms. The topological polar surface area (TPSA) is 64.6 Å². The van der Waals surface area contributed by atoms with Gasteiger partial charge in [0.15, 0.2) is 6.61 Å². The van der Waals surface area contributed by atoms with Crippen molar-refractivity contribution in [3.63, 3.8) is 0 Å². The summed E-state index contributed by atoms with van der Waals surface area (Å²) >= 11 is 0. The Morgan fingerprint density at radius 2 is 1.70 bits per heavy atom. The summed E-state index contributed by atoms with van der Waals surface area (Å²) in [7, 11) is 1.60. The van der Waals surface area contributed by atoms with Crippen LogP contribution in [0.1, 0.15) is 37.3 Å². The summed E-state index contributed by atoms with van der Waals surface area (Å²) in [5.41, 5.74) is 1.85. The molecule has 0 aromatic heterocycles. The van der Waals surface area contributed by atoms with E-state index in [1.807, 2.05) is 68.4 Å². The third-order valence-corrected chi connectivity index (χ3v) is 4.62. The Balaban J connectivity index is 1.87. The molecule has 0 aliphatic heterocycles. The molecule has 0 aliphatic rings. The normalized spacial score (nSPS) is 12.7. The predicted molar refractivity (Wildman–Crippen MR) is 104 cm³/mol. The number of amides is 1. The number of hydrogen-bond acceptors (Lipinski definition) is 4. The molecule has 5 nitrogen and oxygen atoms in total. The number of hydrogen-bond donors (Lipinski definition) is 1. The Morgan fingerprint density at radius 3 is 2.30 bits per heavy atom. The van der Waals surface area contributed by atoms with Gasteiger partial charge in [-0.05, 0) is 29.2 Å². The number of rotatable bonds is 9. The summed E-state index contributed by atoms with van der Waals surface area (Å²) in [6.45, 7) is 4.14. The zero-order chi connectivity index (χ0) is 19.6. The molecule has 0 aliphatic carbocycles. The van der Waals surface area contributed by atoms with Crippen molar-refractivity contribution in [1.29, 1.82) is 0 Å². The van der Waals surface area contributed by atoms with Crippen molar-refractivity contribution in [1.82, 2.24) is 5.32 Å². The van der Waals surface area contributed by atoms with Gasteiger partial charge in [0.1, 0.15) is 5.75 Å². The summed E-state index contributed by atoms with van der Waals surface area (Å²) in [6, 6.07) is 17.0. The van der Waals surface area contributed by atoms with Gasteiger partial charge in [-0.15, -0.1) is 0 Å². The van der Waals surface area contributed by atoms with Crippen LogP contribution in [0.25, 0.3) is 0 Å². The van der Waals surface area contributed by atoms with E-state index in [2.05, 4.69) is 5.32 Å². The minimum absolute atomic E-state index is 0.127. The lowest BCUT2D eigenvalue weighted by Gasteiger charge is -2.21. The van der Waals surface area contributed by atoms with Gasteiger partial charge in [0.05, 0.1) is 13.0 Å². The van der Waals surface area contributed by atoms with Crippen LogP contribution in [0.3, 0.4) is 0 Å². The number of benzene rings is 2. The molecule has 0 saturated carbocycles. The molecule has 0 fully saturated rings. The van der Waals surface area contributed by atoms with E-state index in [1.54, 1.807) is 7.11 Å². The second-order valence-corrected chi connectivity index (χ2v) is 6.51. The number of methoxy groups -OCH3 is 1. The molecule has 27 heavy (non-hydrogen) atoms. The van der Waals surface area contributed by atoms with Gasteiger partial charge in [-0.25, -0.2) is 0 Å². The van der Waals surface area contributed by atoms with Gasteiger partial charge in [-0.2, -0.15) is 0 Å². The van der Waals surface area contributed by atoms with E-state index in [4.69, 9.17) is 9.47 Å². The van der Waals surface area contributed by atoms with Crippen LogP contribution in [0, 0.1) is 5.92 Å². The highest BCUT2D eigenvalue weighted by molar-refractivity contribution is 5.83. The van der Waals surface area contributed by atoms with Crippen molar-refractivity contribution in [2.24, 2.45) is 5.92 Å². The van der Waals surface area contributed by atoms with E-state index < -0.39 is 0 Å². The standard InChI is InChI=1S/C22H27NO4/c1-4-16(2)21(18-8-6-5-7-9-18)22(25)27-15-20(24)23-14-17-10-12-19(26-3)13-11-17/h5-13,16,21H,4,14-15H2,1-3H3,(H,23,24)/t16-,21+/m1/s1. The molecule has 1 N–H and O–H groups in total. The maximum Gasteiger partial charge on any atom is 0.314 e. The molecule has 144 valence electrons. The Labute approximate surface area is 160 Å². The van der Waals surface area contributed by atoms with Crippen molar-refractivity contribution >= 4 is 11.9 Å². The molecule has 2 aromatic carbocycles. The third kappa shape index (κ3) is 6.13. The summed E-state index contributed by atoms with van der Waals surface area (Å²) in [4.78, 5) is 24.6. The van der Waals surface area contributed by atoms with E-state index in [9.17, 15) is 9.59 Å². The predicted octanol–water partition coefficient (Wildman–Crippen LogP) is 3.68. The first-order valence-electron chi connectivity index (χ1n) is 9.16. The van der Waals surface area contributed by atoms with Crippen molar-refractivity contribution in [3.05, 3.63) is 65.7 Å².